The monoisotopic (exact) mass is 288 g/mol. The number of amides is 2. The fraction of sp³-hybridized carbons (Fsp3) is 0.529. The fourth-order valence-corrected chi connectivity index (χ4v) is 2.95. The Labute approximate surface area is 126 Å². The molecule has 0 bridgehead atoms. The number of aryl methyl sites for hydroxylation is 2. The summed E-state index contributed by atoms with van der Waals surface area (Å²) in [5, 5.41) is 5.66. The van der Waals surface area contributed by atoms with E-state index in [0.717, 1.165) is 42.5 Å². The van der Waals surface area contributed by atoms with Crippen LogP contribution in [0.4, 0.5) is 5.69 Å². The van der Waals surface area contributed by atoms with E-state index in [0.29, 0.717) is 0 Å². The highest BCUT2D eigenvalue weighted by atomic mass is 16.2. The summed E-state index contributed by atoms with van der Waals surface area (Å²) in [5.41, 5.74) is 2.59. The van der Waals surface area contributed by atoms with Gasteiger partial charge in [0.2, 0.25) is 11.8 Å². The van der Waals surface area contributed by atoms with Crippen molar-refractivity contribution in [1.82, 2.24) is 5.32 Å². The summed E-state index contributed by atoms with van der Waals surface area (Å²) in [6, 6.07) is 5.88. The summed E-state index contributed by atoms with van der Waals surface area (Å²) in [4.78, 5) is 24.2. The number of nitrogens with one attached hydrogen (secondary N) is 2. The Balaban J connectivity index is 1.89. The largest absolute Gasteiger partial charge is 0.347 e. The zero-order chi connectivity index (χ0) is 15.5. The van der Waals surface area contributed by atoms with Gasteiger partial charge in [-0.15, -0.1) is 0 Å². The van der Waals surface area contributed by atoms with Crippen molar-refractivity contribution < 1.29 is 9.59 Å². The minimum atomic E-state index is -0.293. The van der Waals surface area contributed by atoms with Crippen LogP contribution >= 0.6 is 0 Å². The number of benzene rings is 1. The van der Waals surface area contributed by atoms with Crippen LogP contribution in [0.5, 0.6) is 0 Å². The first-order valence-corrected chi connectivity index (χ1v) is 7.57. The van der Waals surface area contributed by atoms with Gasteiger partial charge >= 0.3 is 0 Å². The van der Waals surface area contributed by atoms with Gasteiger partial charge < -0.3 is 10.6 Å². The molecular formula is C17H24N2O2. The molecule has 4 heteroatoms. The highest BCUT2D eigenvalue weighted by Crippen LogP contribution is 2.37. The predicted molar refractivity (Wildman–Crippen MR) is 84.1 cm³/mol. The van der Waals surface area contributed by atoms with Crippen LogP contribution in [0.15, 0.2) is 18.2 Å². The Morgan fingerprint density at radius 1 is 1.14 bits per heavy atom. The number of hydrogen-bond acceptors (Lipinski definition) is 2. The van der Waals surface area contributed by atoms with Crippen molar-refractivity contribution in [3.63, 3.8) is 0 Å². The topological polar surface area (TPSA) is 58.2 Å². The highest BCUT2D eigenvalue weighted by molar-refractivity contribution is 5.96. The second-order valence-corrected chi connectivity index (χ2v) is 6.27. The Morgan fingerprint density at radius 3 is 2.29 bits per heavy atom. The van der Waals surface area contributed by atoms with Crippen LogP contribution in [0, 0.1) is 19.3 Å². The van der Waals surface area contributed by atoms with E-state index in [1.807, 2.05) is 39.0 Å². The Morgan fingerprint density at radius 2 is 1.71 bits per heavy atom. The molecule has 1 saturated carbocycles. The average molecular weight is 288 g/mol. The first-order valence-electron chi connectivity index (χ1n) is 7.57. The third-order valence-corrected chi connectivity index (χ3v) is 4.41. The first kappa shape index (κ1) is 15.5. The molecule has 0 saturated heterocycles. The summed E-state index contributed by atoms with van der Waals surface area (Å²) in [5.74, 6) is -0.181. The smallest absolute Gasteiger partial charge is 0.243 e. The van der Waals surface area contributed by atoms with Gasteiger partial charge in [0, 0.05) is 11.1 Å². The van der Waals surface area contributed by atoms with Crippen molar-refractivity contribution in [2.24, 2.45) is 5.41 Å². The average Bonchev–Trinajstić information content (AvgIpc) is 2.88. The number of anilines is 1. The second kappa shape index (κ2) is 6.29. The van der Waals surface area contributed by atoms with Crippen molar-refractivity contribution in [2.75, 3.05) is 11.9 Å². The van der Waals surface area contributed by atoms with E-state index < -0.39 is 0 Å². The lowest BCUT2D eigenvalue weighted by molar-refractivity contribution is -0.131. The number of carbonyl (C=O) groups excluding carboxylic acids is 2. The predicted octanol–water partition coefficient (Wildman–Crippen LogP) is 2.94. The minimum Gasteiger partial charge on any atom is -0.347 e. The van der Waals surface area contributed by atoms with E-state index >= 15 is 0 Å². The molecule has 1 aliphatic rings. The lowest BCUT2D eigenvalue weighted by Gasteiger charge is -2.22. The number of carbonyl (C=O) groups is 2. The van der Waals surface area contributed by atoms with Crippen LogP contribution < -0.4 is 10.6 Å². The molecular weight excluding hydrogens is 264 g/mol. The molecule has 0 spiro atoms. The van der Waals surface area contributed by atoms with E-state index in [1.54, 1.807) is 0 Å². The lowest BCUT2D eigenvalue weighted by atomic mass is 9.88. The van der Waals surface area contributed by atoms with E-state index in [-0.39, 0.29) is 23.8 Å². The summed E-state index contributed by atoms with van der Waals surface area (Å²) in [6.07, 6.45) is 4.02. The third-order valence-electron chi connectivity index (χ3n) is 4.41. The van der Waals surface area contributed by atoms with Crippen molar-refractivity contribution in [1.29, 1.82) is 0 Å². The van der Waals surface area contributed by atoms with Crippen LogP contribution in [0.25, 0.3) is 0 Å². The summed E-state index contributed by atoms with van der Waals surface area (Å²) < 4.78 is 0. The number of para-hydroxylation sites is 1. The molecule has 0 radical (unpaired) electrons. The molecule has 2 N–H and O–H groups in total. The molecule has 4 nitrogen and oxygen atoms in total. The maximum Gasteiger partial charge on any atom is 0.243 e. The highest BCUT2D eigenvalue weighted by Gasteiger charge is 2.36. The Hall–Kier alpha value is -1.84. The molecule has 1 aliphatic carbocycles. The maximum absolute atomic E-state index is 12.2. The van der Waals surface area contributed by atoms with Gasteiger partial charge in [0.1, 0.15) is 0 Å². The molecule has 0 unspecified atom stereocenters. The van der Waals surface area contributed by atoms with E-state index in [1.165, 1.54) is 0 Å². The molecule has 0 aliphatic heterocycles. The molecule has 1 fully saturated rings. The minimum absolute atomic E-state index is 0.00310. The van der Waals surface area contributed by atoms with Crippen LogP contribution in [0.2, 0.25) is 0 Å². The standard InChI is InChI=1S/C17H24N2O2/c1-12-7-6-8-13(2)15(12)19-14(20)11-18-16(21)17(3)9-4-5-10-17/h6-8H,4-5,9-11H2,1-3H3,(H,18,21)(H,19,20). The van der Waals surface area contributed by atoms with Gasteiger partial charge in [0.25, 0.3) is 0 Å². The third kappa shape index (κ3) is 3.63. The normalized spacial score (nSPS) is 16.5. The lowest BCUT2D eigenvalue weighted by Crippen LogP contribution is -2.41. The van der Waals surface area contributed by atoms with Crippen molar-refractivity contribution in [2.45, 2.75) is 46.5 Å². The fourth-order valence-electron chi connectivity index (χ4n) is 2.95. The summed E-state index contributed by atoms with van der Waals surface area (Å²) in [6.45, 7) is 5.93. The van der Waals surface area contributed by atoms with Crippen LogP contribution in [0.1, 0.15) is 43.7 Å². The molecule has 0 atom stereocenters. The van der Waals surface area contributed by atoms with Crippen LogP contribution in [-0.2, 0) is 9.59 Å². The first-order chi connectivity index (χ1) is 9.92. The van der Waals surface area contributed by atoms with Gasteiger partial charge in [-0.2, -0.15) is 0 Å². The molecule has 0 aromatic heterocycles. The van der Waals surface area contributed by atoms with Crippen LogP contribution in [-0.4, -0.2) is 18.4 Å². The summed E-state index contributed by atoms with van der Waals surface area (Å²) >= 11 is 0. The molecule has 1 aromatic carbocycles. The molecule has 0 heterocycles. The van der Waals surface area contributed by atoms with Crippen molar-refractivity contribution in [3.8, 4) is 0 Å². The van der Waals surface area contributed by atoms with Crippen molar-refractivity contribution >= 4 is 17.5 Å². The van der Waals surface area contributed by atoms with Gasteiger partial charge in [-0.3, -0.25) is 9.59 Å². The number of hydrogen-bond donors (Lipinski definition) is 2. The van der Waals surface area contributed by atoms with Gasteiger partial charge in [-0.25, -0.2) is 0 Å². The quantitative estimate of drug-likeness (QED) is 0.895. The molecule has 2 amide bonds. The zero-order valence-corrected chi connectivity index (χ0v) is 13.1. The maximum atomic E-state index is 12.2. The van der Waals surface area contributed by atoms with Gasteiger partial charge in [-0.1, -0.05) is 38.0 Å². The van der Waals surface area contributed by atoms with Crippen molar-refractivity contribution in [3.05, 3.63) is 29.3 Å². The Kier molecular flexibility index (Phi) is 4.66. The van der Waals surface area contributed by atoms with E-state index in [4.69, 9.17) is 0 Å². The van der Waals surface area contributed by atoms with Crippen LogP contribution in [0.3, 0.4) is 0 Å². The molecule has 21 heavy (non-hydrogen) atoms. The molecule has 1 aromatic rings. The molecule has 114 valence electrons. The van der Waals surface area contributed by atoms with E-state index in [9.17, 15) is 9.59 Å². The van der Waals surface area contributed by atoms with Gasteiger partial charge in [0.05, 0.1) is 6.54 Å². The zero-order valence-electron chi connectivity index (χ0n) is 13.1. The second-order valence-electron chi connectivity index (χ2n) is 6.27. The van der Waals surface area contributed by atoms with Gasteiger partial charge in [0.15, 0.2) is 0 Å². The van der Waals surface area contributed by atoms with Gasteiger partial charge in [-0.05, 0) is 37.8 Å². The molecule has 2 rings (SSSR count). The number of rotatable bonds is 4. The summed E-state index contributed by atoms with van der Waals surface area (Å²) in [7, 11) is 0. The van der Waals surface area contributed by atoms with E-state index in [2.05, 4.69) is 10.6 Å². The SMILES string of the molecule is Cc1cccc(C)c1NC(=O)CNC(=O)C1(C)CCCC1. The Bertz CT molecular complexity index is 525.